The van der Waals surface area contributed by atoms with Gasteiger partial charge in [-0.05, 0) is 46.3 Å². The molecule has 0 aliphatic heterocycles. The van der Waals surface area contributed by atoms with E-state index in [1.807, 2.05) is 0 Å². The Hall–Kier alpha value is -1.17. The summed E-state index contributed by atoms with van der Waals surface area (Å²) in [6.45, 7) is 0. The summed E-state index contributed by atoms with van der Waals surface area (Å²) in [5.74, 6) is -4.80. The summed E-state index contributed by atoms with van der Waals surface area (Å²) in [6, 6.07) is 1.26. The largest absolute Gasteiger partial charge is 0.504 e. The molecule has 6 heteroatoms. The molecule has 1 saturated carbocycles. The second-order valence-corrected chi connectivity index (χ2v) is 5.32. The second-order valence-electron chi connectivity index (χ2n) is 4.47. The molecule has 0 aromatic heterocycles. The summed E-state index contributed by atoms with van der Waals surface area (Å²) < 4.78 is 27.2. The minimum atomic E-state index is -1.34. The molecule has 1 aromatic rings. The van der Waals surface area contributed by atoms with E-state index < -0.39 is 29.3 Å². The summed E-state index contributed by atoms with van der Waals surface area (Å²) in [5.41, 5.74) is 0.0158. The van der Waals surface area contributed by atoms with Crippen molar-refractivity contribution in [3.8, 4) is 5.75 Å². The molecule has 98 valence electrons. The summed E-state index contributed by atoms with van der Waals surface area (Å²) in [5, 5.41) is 18.1. The van der Waals surface area contributed by atoms with Gasteiger partial charge in [0.05, 0.1) is 10.9 Å². The van der Waals surface area contributed by atoms with Gasteiger partial charge in [0.25, 0.3) is 0 Å². The molecule has 1 fully saturated rings. The summed E-state index contributed by atoms with van der Waals surface area (Å²) in [4.78, 5) is 10.8. The number of phenols is 1. The molecule has 2 rings (SSSR count). The van der Waals surface area contributed by atoms with Gasteiger partial charge in [-0.25, -0.2) is 4.39 Å². The van der Waals surface area contributed by atoms with Crippen LogP contribution in [0, 0.1) is 17.6 Å². The quantitative estimate of drug-likeness (QED) is 0.836. The van der Waals surface area contributed by atoms with Crippen LogP contribution in [-0.2, 0) is 4.79 Å². The fraction of sp³-hybridized carbons (Fsp3) is 0.417. The normalized spacial score (nSPS) is 16.6. The van der Waals surface area contributed by atoms with Crippen LogP contribution in [0.5, 0.6) is 5.75 Å². The van der Waals surface area contributed by atoms with Crippen molar-refractivity contribution in [2.24, 2.45) is 5.92 Å². The summed E-state index contributed by atoms with van der Waals surface area (Å²) in [6.07, 6.45) is 1.40. The Morgan fingerprint density at radius 2 is 2.06 bits per heavy atom. The van der Waals surface area contributed by atoms with Crippen LogP contribution in [-0.4, -0.2) is 16.2 Å². The van der Waals surface area contributed by atoms with E-state index in [-0.39, 0.29) is 22.4 Å². The van der Waals surface area contributed by atoms with Gasteiger partial charge >= 0.3 is 5.97 Å². The molecule has 0 spiro atoms. The summed E-state index contributed by atoms with van der Waals surface area (Å²) >= 11 is 2.93. The first-order valence-electron chi connectivity index (χ1n) is 5.50. The van der Waals surface area contributed by atoms with Crippen LogP contribution < -0.4 is 0 Å². The van der Waals surface area contributed by atoms with E-state index in [2.05, 4.69) is 15.9 Å². The number of halogens is 3. The maximum absolute atomic E-state index is 13.8. The van der Waals surface area contributed by atoms with Crippen molar-refractivity contribution in [3.63, 3.8) is 0 Å². The lowest BCUT2D eigenvalue weighted by molar-refractivity contribution is -0.137. The van der Waals surface area contributed by atoms with Crippen LogP contribution in [0.4, 0.5) is 8.78 Å². The fourth-order valence-corrected chi connectivity index (χ4v) is 2.51. The van der Waals surface area contributed by atoms with Crippen molar-refractivity contribution < 1.29 is 23.8 Å². The maximum atomic E-state index is 13.8. The molecule has 0 amide bonds. The number of aromatic hydroxyl groups is 1. The Kier molecular flexibility index (Phi) is 3.56. The molecular weight excluding hydrogens is 310 g/mol. The Bertz CT molecular complexity index is 501. The predicted octanol–water partition coefficient (Wildman–Crippen LogP) is 3.40. The molecule has 0 radical (unpaired) electrons. The Morgan fingerprint density at radius 3 is 2.56 bits per heavy atom. The predicted molar refractivity (Wildman–Crippen MR) is 63.4 cm³/mol. The van der Waals surface area contributed by atoms with Crippen LogP contribution in [0.2, 0.25) is 0 Å². The Balaban J connectivity index is 2.44. The highest BCUT2D eigenvalue weighted by molar-refractivity contribution is 9.10. The lowest BCUT2D eigenvalue weighted by atomic mass is 9.90. The average Bonchev–Trinajstić information content (AvgIpc) is 3.12. The SMILES string of the molecule is O=C(O)CC(c1cc(Br)c(O)c(F)c1F)C1CC1. The van der Waals surface area contributed by atoms with Gasteiger partial charge in [0.2, 0.25) is 5.82 Å². The van der Waals surface area contributed by atoms with Gasteiger partial charge in [-0.15, -0.1) is 0 Å². The van der Waals surface area contributed by atoms with Gasteiger partial charge in [-0.2, -0.15) is 4.39 Å². The number of benzene rings is 1. The van der Waals surface area contributed by atoms with Crippen LogP contribution in [0.25, 0.3) is 0 Å². The number of rotatable bonds is 4. The molecule has 1 aliphatic carbocycles. The van der Waals surface area contributed by atoms with Gasteiger partial charge in [0, 0.05) is 5.92 Å². The molecule has 1 unspecified atom stereocenters. The number of hydrogen-bond acceptors (Lipinski definition) is 2. The average molecular weight is 321 g/mol. The molecule has 1 atom stereocenters. The minimum absolute atomic E-state index is 0.0158. The van der Waals surface area contributed by atoms with Crippen LogP contribution >= 0.6 is 15.9 Å². The third-order valence-electron chi connectivity index (χ3n) is 3.15. The minimum Gasteiger partial charge on any atom is -0.504 e. The van der Waals surface area contributed by atoms with Crippen LogP contribution in [0.15, 0.2) is 10.5 Å². The highest BCUT2D eigenvalue weighted by atomic mass is 79.9. The number of carboxylic acid groups (broad SMARTS) is 1. The number of aliphatic carboxylic acids is 1. The van der Waals surface area contributed by atoms with Crippen LogP contribution in [0.3, 0.4) is 0 Å². The van der Waals surface area contributed by atoms with E-state index in [1.54, 1.807) is 0 Å². The van der Waals surface area contributed by atoms with Crippen molar-refractivity contribution in [2.45, 2.75) is 25.2 Å². The molecule has 0 saturated heterocycles. The maximum Gasteiger partial charge on any atom is 0.303 e. The number of hydrogen-bond donors (Lipinski definition) is 2. The summed E-state index contributed by atoms with van der Waals surface area (Å²) in [7, 11) is 0. The molecule has 0 bridgehead atoms. The van der Waals surface area contributed by atoms with E-state index in [9.17, 15) is 18.7 Å². The van der Waals surface area contributed by atoms with Crippen molar-refractivity contribution in [1.82, 2.24) is 0 Å². The van der Waals surface area contributed by atoms with Crippen LogP contribution in [0.1, 0.15) is 30.7 Å². The van der Waals surface area contributed by atoms with Crippen molar-refractivity contribution in [3.05, 3.63) is 27.7 Å². The van der Waals surface area contributed by atoms with Gasteiger partial charge < -0.3 is 10.2 Å². The third-order valence-corrected chi connectivity index (χ3v) is 3.75. The van der Waals surface area contributed by atoms with Crippen molar-refractivity contribution >= 4 is 21.9 Å². The monoisotopic (exact) mass is 320 g/mol. The highest BCUT2D eigenvalue weighted by Gasteiger charge is 2.36. The first-order chi connectivity index (χ1) is 8.41. The van der Waals surface area contributed by atoms with E-state index >= 15 is 0 Å². The van der Waals surface area contributed by atoms with E-state index in [1.165, 1.54) is 6.07 Å². The second kappa shape index (κ2) is 4.84. The zero-order valence-electron chi connectivity index (χ0n) is 9.29. The van der Waals surface area contributed by atoms with Crippen molar-refractivity contribution in [2.75, 3.05) is 0 Å². The van der Waals surface area contributed by atoms with Crippen molar-refractivity contribution in [1.29, 1.82) is 0 Å². The van der Waals surface area contributed by atoms with Gasteiger partial charge in [-0.1, -0.05) is 0 Å². The zero-order valence-corrected chi connectivity index (χ0v) is 10.9. The lowest BCUT2D eigenvalue weighted by Gasteiger charge is -2.16. The number of phenolic OH excluding ortho intramolecular Hbond substituents is 1. The van der Waals surface area contributed by atoms with Gasteiger partial charge in [-0.3, -0.25) is 4.79 Å². The molecule has 1 aromatic carbocycles. The lowest BCUT2D eigenvalue weighted by Crippen LogP contribution is -2.11. The van der Waals surface area contributed by atoms with E-state index in [0.29, 0.717) is 0 Å². The number of carboxylic acids is 1. The van der Waals surface area contributed by atoms with Gasteiger partial charge in [0.15, 0.2) is 11.6 Å². The third kappa shape index (κ3) is 2.48. The Morgan fingerprint density at radius 1 is 1.44 bits per heavy atom. The standard InChI is InChI=1S/C12H11BrF2O3/c13-8-3-7(10(14)11(15)12(8)18)6(4-9(16)17)5-1-2-5/h3,5-6,18H,1-2,4H2,(H,16,17). The zero-order chi connectivity index (χ0) is 13.4. The molecule has 0 heterocycles. The smallest absolute Gasteiger partial charge is 0.303 e. The highest BCUT2D eigenvalue weighted by Crippen LogP contribution is 2.47. The van der Waals surface area contributed by atoms with Gasteiger partial charge in [0.1, 0.15) is 0 Å². The topological polar surface area (TPSA) is 57.5 Å². The molecule has 3 nitrogen and oxygen atoms in total. The molecule has 2 N–H and O–H groups in total. The molecular formula is C12H11BrF2O3. The Labute approximate surface area is 111 Å². The first-order valence-corrected chi connectivity index (χ1v) is 6.29. The van der Waals surface area contributed by atoms with E-state index in [0.717, 1.165) is 12.8 Å². The first kappa shape index (κ1) is 13.3. The number of carbonyl (C=O) groups is 1. The molecule has 1 aliphatic rings. The molecule has 18 heavy (non-hydrogen) atoms. The fourth-order valence-electron chi connectivity index (χ4n) is 2.09. The van der Waals surface area contributed by atoms with E-state index in [4.69, 9.17) is 5.11 Å².